The van der Waals surface area contributed by atoms with Crippen LogP contribution in [0.4, 0.5) is 17.1 Å². The third kappa shape index (κ3) is 5.57. The Morgan fingerprint density at radius 2 is 1.79 bits per heavy atom. The maximum Gasteiger partial charge on any atom is 0.277 e. The topological polar surface area (TPSA) is 137 Å². The Kier molecular flexibility index (Phi) is 6.71. The van der Waals surface area contributed by atoms with E-state index in [2.05, 4.69) is 17.2 Å². The molecule has 144 valence electrons. The number of rotatable bonds is 7. The van der Waals surface area contributed by atoms with Crippen LogP contribution in [0.15, 0.2) is 55.1 Å². The lowest BCUT2D eigenvalue weighted by molar-refractivity contribution is -0.394. The standard InChI is InChI=1S/C17H14N4O6S/c1-2-6-27-15-5-3-4-12(9-15)18-17(28)19-16(22)11-7-13(20(23)24)10-14(8-11)21(25)26/h2-5,7-10H,1,6H2,(H2,18,19,22,28). The normalized spacial score (nSPS) is 9.86. The van der Waals surface area contributed by atoms with Gasteiger partial charge in [-0.1, -0.05) is 18.7 Å². The van der Waals surface area contributed by atoms with Gasteiger partial charge in [-0.05, 0) is 24.4 Å². The number of nitrogens with zero attached hydrogens (tertiary/aromatic N) is 2. The smallest absolute Gasteiger partial charge is 0.277 e. The van der Waals surface area contributed by atoms with Crippen molar-refractivity contribution >= 4 is 40.3 Å². The molecule has 11 heteroatoms. The van der Waals surface area contributed by atoms with Crippen LogP contribution in [0.25, 0.3) is 0 Å². The number of non-ortho nitro benzene ring substituents is 2. The molecule has 0 aliphatic carbocycles. The third-order valence-electron chi connectivity index (χ3n) is 3.27. The molecule has 0 aliphatic rings. The van der Waals surface area contributed by atoms with Crippen LogP contribution in [-0.2, 0) is 0 Å². The van der Waals surface area contributed by atoms with Crippen molar-refractivity contribution in [3.05, 3.63) is 80.9 Å². The summed E-state index contributed by atoms with van der Waals surface area (Å²) in [6, 6.07) is 9.36. The molecule has 2 aromatic carbocycles. The van der Waals surface area contributed by atoms with Crippen LogP contribution in [0.3, 0.4) is 0 Å². The van der Waals surface area contributed by atoms with Gasteiger partial charge in [0, 0.05) is 23.9 Å². The SMILES string of the molecule is C=CCOc1cccc(NC(=S)NC(=O)c2cc([N+](=O)[O-])cc([N+](=O)[O-])c2)c1. The molecule has 0 spiro atoms. The Labute approximate surface area is 164 Å². The van der Waals surface area contributed by atoms with Crippen LogP contribution in [0.2, 0.25) is 0 Å². The number of nitrogens with one attached hydrogen (secondary N) is 2. The van der Waals surface area contributed by atoms with Crippen molar-refractivity contribution in [2.24, 2.45) is 0 Å². The fraction of sp³-hybridized carbons (Fsp3) is 0.0588. The highest BCUT2D eigenvalue weighted by Crippen LogP contribution is 2.23. The van der Waals surface area contributed by atoms with Crippen molar-refractivity contribution in [2.75, 3.05) is 11.9 Å². The molecule has 0 aromatic heterocycles. The highest BCUT2D eigenvalue weighted by molar-refractivity contribution is 7.80. The third-order valence-corrected chi connectivity index (χ3v) is 3.48. The molecule has 0 atom stereocenters. The van der Waals surface area contributed by atoms with E-state index in [1.165, 1.54) is 0 Å². The lowest BCUT2D eigenvalue weighted by Gasteiger charge is -2.11. The van der Waals surface area contributed by atoms with Crippen molar-refractivity contribution in [1.82, 2.24) is 5.32 Å². The zero-order valence-electron chi connectivity index (χ0n) is 14.3. The van der Waals surface area contributed by atoms with E-state index in [-0.39, 0.29) is 10.7 Å². The van der Waals surface area contributed by atoms with E-state index in [4.69, 9.17) is 17.0 Å². The minimum absolute atomic E-state index is 0.0972. The lowest BCUT2D eigenvalue weighted by atomic mass is 10.1. The molecule has 1 amide bonds. The maximum absolute atomic E-state index is 12.3. The van der Waals surface area contributed by atoms with Gasteiger partial charge in [-0.2, -0.15) is 0 Å². The number of thiocarbonyl (C=S) groups is 1. The molecule has 2 rings (SSSR count). The number of hydrogen-bond donors (Lipinski definition) is 2. The largest absolute Gasteiger partial charge is 0.489 e. The average molecular weight is 402 g/mol. The van der Waals surface area contributed by atoms with Gasteiger partial charge in [0.15, 0.2) is 5.11 Å². The Hall–Kier alpha value is -3.86. The van der Waals surface area contributed by atoms with E-state index in [0.29, 0.717) is 18.0 Å². The summed E-state index contributed by atoms with van der Waals surface area (Å²) >= 11 is 5.04. The summed E-state index contributed by atoms with van der Waals surface area (Å²) in [7, 11) is 0. The number of carbonyl (C=O) groups excluding carboxylic acids is 1. The second kappa shape index (κ2) is 9.19. The van der Waals surface area contributed by atoms with Gasteiger partial charge in [0.2, 0.25) is 0 Å². The van der Waals surface area contributed by atoms with E-state index < -0.39 is 27.1 Å². The number of benzene rings is 2. The van der Waals surface area contributed by atoms with Gasteiger partial charge in [0.25, 0.3) is 17.3 Å². The predicted octanol–water partition coefficient (Wildman–Crippen LogP) is 3.19. The maximum atomic E-state index is 12.3. The van der Waals surface area contributed by atoms with Gasteiger partial charge in [0.1, 0.15) is 12.4 Å². The van der Waals surface area contributed by atoms with Gasteiger partial charge in [-0.15, -0.1) is 0 Å². The van der Waals surface area contributed by atoms with E-state index in [1.807, 2.05) is 0 Å². The minimum Gasteiger partial charge on any atom is -0.489 e. The van der Waals surface area contributed by atoms with Crippen LogP contribution < -0.4 is 15.4 Å². The summed E-state index contributed by atoms with van der Waals surface area (Å²) in [4.78, 5) is 32.5. The molecule has 0 radical (unpaired) electrons. The van der Waals surface area contributed by atoms with E-state index in [9.17, 15) is 25.0 Å². The molecule has 0 heterocycles. The molecular weight excluding hydrogens is 388 g/mol. The average Bonchev–Trinajstić information content (AvgIpc) is 2.66. The van der Waals surface area contributed by atoms with Crippen LogP contribution in [0.1, 0.15) is 10.4 Å². The fourth-order valence-corrected chi connectivity index (χ4v) is 2.30. The first kappa shape index (κ1) is 20.5. The van der Waals surface area contributed by atoms with Crippen LogP contribution in [0, 0.1) is 20.2 Å². The minimum atomic E-state index is -0.830. The summed E-state index contributed by atoms with van der Waals surface area (Å²) in [6.07, 6.45) is 1.59. The second-order valence-electron chi connectivity index (χ2n) is 5.29. The number of amides is 1. The van der Waals surface area contributed by atoms with Gasteiger partial charge < -0.3 is 10.1 Å². The quantitative estimate of drug-likeness (QED) is 0.312. The first-order valence-electron chi connectivity index (χ1n) is 7.70. The molecule has 0 saturated heterocycles. The highest BCUT2D eigenvalue weighted by atomic mass is 32.1. The molecule has 10 nitrogen and oxygen atoms in total. The molecule has 0 fully saturated rings. The molecular formula is C17H14N4O6S. The highest BCUT2D eigenvalue weighted by Gasteiger charge is 2.20. The molecule has 2 aromatic rings. The zero-order valence-corrected chi connectivity index (χ0v) is 15.1. The number of carbonyl (C=O) groups is 1. The first-order valence-corrected chi connectivity index (χ1v) is 8.11. The molecule has 28 heavy (non-hydrogen) atoms. The zero-order chi connectivity index (χ0) is 20.7. The van der Waals surface area contributed by atoms with Gasteiger partial charge in [-0.25, -0.2) is 0 Å². The summed E-state index contributed by atoms with van der Waals surface area (Å²) < 4.78 is 5.38. The Morgan fingerprint density at radius 3 is 2.36 bits per heavy atom. The second-order valence-corrected chi connectivity index (χ2v) is 5.70. The van der Waals surface area contributed by atoms with Crippen LogP contribution in [-0.4, -0.2) is 27.5 Å². The van der Waals surface area contributed by atoms with Gasteiger partial charge in [-0.3, -0.25) is 30.3 Å². The van der Waals surface area contributed by atoms with E-state index in [0.717, 1.165) is 18.2 Å². The van der Waals surface area contributed by atoms with Crippen molar-refractivity contribution in [2.45, 2.75) is 0 Å². The van der Waals surface area contributed by atoms with Crippen molar-refractivity contribution < 1.29 is 19.4 Å². The Morgan fingerprint density at radius 1 is 1.14 bits per heavy atom. The molecule has 2 N–H and O–H groups in total. The number of ether oxygens (including phenoxy) is 1. The van der Waals surface area contributed by atoms with Gasteiger partial charge >= 0.3 is 0 Å². The number of anilines is 1. The fourth-order valence-electron chi connectivity index (χ4n) is 2.09. The van der Waals surface area contributed by atoms with Crippen molar-refractivity contribution in [1.29, 1.82) is 0 Å². The summed E-state index contributed by atoms with van der Waals surface area (Å²) in [5.41, 5.74) is -0.902. The van der Waals surface area contributed by atoms with Crippen molar-refractivity contribution in [3.8, 4) is 5.75 Å². The summed E-state index contributed by atoms with van der Waals surface area (Å²) in [5, 5.41) is 26.8. The van der Waals surface area contributed by atoms with Crippen LogP contribution in [0.5, 0.6) is 5.75 Å². The lowest BCUT2D eigenvalue weighted by Crippen LogP contribution is -2.34. The van der Waals surface area contributed by atoms with Crippen molar-refractivity contribution in [3.63, 3.8) is 0 Å². The van der Waals surface area contributed by atoms with Crippen LogP contribution >= 0.6 is 12.2 Å². The summed E-state index contributed by atoms with van der Waals surface area (Å²) in [6.45, 7) is 3.86. The van der Waals surface area contributed by atoms with E-state index >= 15 is 0 Å². The molecule has 0 saturated carbocycles. The molecule has 0 unspecified atom stereocenters. The number of hydrogen-bond acceptors (Lipinski definition) is 7. The van der Waals surface area contributed by atoms with Gasteiger partial charge in [0.05, 0.1) is 21.5 Å². The first-order chi connectivity index (χ1) is 13.3. The predicted molar refractivity (Wildman–Crippen MR) is 106 cm³/mol. The summed E-state index contributed by atoms with van der Waals surface area (Å²) in [5.74, 6) is -0.281. The molecule has 0 aliphatic heterocycles. The number of nitro groups is 2. The Balaban J connectivity index is 2.12. The molecule has 0 bridgehead atoms. The number of nitro benzene ring substituents is 2. The Bertz CT molecular complexity index is 930. The van der Waals surface area contributed by atoms with E-state index in [1.54, 1.807) is 30.3 Å². The monoisotopic (exact) mass is 402 g/mol.